The summed E-state index contributed by atoms with van der Waals surface area (Å²) in [5.41, 5.74) is 7.71. The number of anilines is 1. The SMILES string of the molecule is CC(Cc1cccs1)N(C)c1ccc(C(N)=S)c(Br)c1. The number of halogens is 1. The number of hydrogen-bond acceptors (Lipinski definition) is 3. The molecule has 0 radical (unpaired) electrons. The average molecular weight is 369 g/mol. The maximum Gasteiger partial charge on any atom is 0.105 e. The molecule has 0 aliphatic rings. The summed E-state index contributed by atoms with van der Waals surface area (Å²) in [6.07, 6.45) is 1.04. The third kappa shape index (κ3) is 3.59. The van der Waals surface area contributed by atoms with Gasteiger partial charge in [0.15, 0.2) is 0 Å². The quantitative estimate of drug-likeness (QED) is 0.801. The van der Waals surface area contributed by atoms with E-state index >= 15 is 0 Å². The number of hydrogen-bond donors (Lipinski definition) is 1. The zero-order valence-corrected chi connectivity index (χ0v) is 14.7. The number of thiocarbonyl (C=S) groups is 1. The highest BCUT2D eigenvalue weighted by Gasteiger charge is 2.13. The lowest BCUT2D eigenvalue weighted by molar-refractivity contribution is 0.688. The Labute approximate surface area is 137 Å². The molecule has 0 saturated heterocycles. The standard InChI is InChI=1S/C15H17BrN2S2/c1-10(8-12-4-3-7-20-12)18(2)11-5-6-13(15(17)19)14(16)9-11/h3-7,9-10H,8H2,1-2H3,(H2,17,19). The predicted octanol–water partition coefficient (Wildman–Crippen LogP) is 4.21. The van der Waals surface area contributed by atoms with Crippen LogP contribution in [-0.4, -0.2) is 18.1 Å². The minimum atomic E-state index is 0.415. The maximum absolute atomic E-state index is 5.68. The van der Waals surface area contributed by atoms with Gasteiger partial charge in [-0.2, -0.15) is 0 Å². The van der Waals surface area contributed by atoms with Crippen LogP contribution in [0.25, 0.3) is 0 Å². The van der Waals surface area contributed by atoms with E-state index in [2.05, 4.69) is 64.4 Å². The van der Waals surface area contributed by atoms with Crippen molar-refractivity contribution in [3.63, 3.8) is 0 Å². The molecule has 0 saturated carbocycles. The number of likely N-dealkylation sites (N-methyl/N-ethyl adjacent to an activating group) is 1. The van der Waals surface area contributed by atoms with Gasteiger partial charge >= 0.3 is 0 Å². The number of rotatable bonds is 5. The first kappa shape index (κ1) is 15.5. The zero-order valence-electron chi connectivity index (χ0n) is 11.5. The van der Waals surface area contributed by atoms with Gasteiger partial charge in [-0.05, 0) is 52.5 Å². The fourth-order valence-electron chi connectivity index (χ4n) is 2.03. The van der Waals surface area contributed by atoms with E-state index in [0.29, 0.717) is 11.0 Å². The summed E-state index contributed by atoms with van der Waals surface area (Å²) in [4.78, 5) is 4.09. The molecule has 1 atom stereocenters. The minimum absolute atomic E-state index is 0.415. The Balaban J connectivity index is 2.14. The van der Waals surface area contributed by atoms with Crippen molar-refractivity contribution in [1.82, 2.24) is 0 Å². The van der Waals surface area contributed by atoms with Gasteiger partial charge in [0, 0.05) is 40.1 Å². The van der Waals surface area contributed by atoms with Crippen LogP contribution in [0.3, 0.4) is 0 Å². The Morgan fingerprint density at radius 1 is 1.45 bits per heavy atom. The molecule has 106 valence electrons. The van der Waals surface area contributed by atoms with Crippen LogP contribution in [0.15, 0.2) is 40.2 Å². The lowest BCUT2D eigenvalue weighted by Gasteiger charge is -2.27. The molecule has 2 nitrogen and oxygen atoms in total. The summed E-state index contributed by atoms with van der Waals surface area (Å²) in [6, 6.07) is 10.8. The van der Waals surface area contributed by atoms with Gasteiger partial charge in [-0.25, -0.2) is 0 Å². The molecule has 1 heterocycles. The molecule has 2 rings (SSSR count). The van der Waals surface area contributed by atoms with Gasteiger partial charge in [0.05, 0.1) is 0 Å². The summed E-state index contributed by atoms with van der Waals surface area (Å²) in [6.45, 7) is 2.23. The van der Waals surface area contributed by atoms with Gasteiger partial charge in [-0.1, -0.05) is 18.3 Å². The second-order valence-electron chi connectivity index (χ2n) is 4.77. The van der Waals surface area contributed by atoms with Crippen LogP contribution in [0, 0.1) is 0 Å². The monoisotopic (exact) mass is 368 g/mol. The van der Waals surface area contributed by atoms with Gasteiger partial charge in [-0.3, -0.25) is 0 Å². The maximum atomic E-state index is 5.68. The van der Waals surface area contributed by atoms with Gasteiger partial charge in [0.2, 0.25) is 0 Å². The fourth-order valence-corrected chi connectivity index (χ4v) is 3.75. The molecule has 0 aliphatic heterocycles. The first-order chi connectivity index (χ1) is 9.49. The van der Waals surface area contributed by atoms with E-state index in [1.807, 2.05) is 6.07 Å². The van der Waals surface area contributed by atoms with E-state index in [4.69, 9.17) is 18.0 Å². The lowest BCUT2D eigenvalue weighted by Crippen LogP contribution is -2.30. The van der Waals surface area contributed by atoms with E-state index in [0.717, 1.165) is 22.1 Å². The second-order valence-corrected chi connectivity index (χ2v) is 7.10. The summed E-state index contributed by atoms with van der Waals surface area (Å²) in [5, 5.41) is 2.12. The van der Waals surface area contributed by atoms with Crippen molar-refractivity contribution in [3.05, 3.63) is 50.6 Å². The summed E-state index contributed by atoms with van der Waals surface area (Å²) in [5.74, 6) is 0. The Morgan fingerprint density at radius 3 is 2.75 bits per heavy atom. The Kier molecular flexibility index (Phi) is 5.18. The molecule has 1 aromatic carbocycles. The smallest absolute Gasteiger partial charge is 0.105 e. The van der Waals surface area contributed by atoms with Crippen molar-refractivity contribution in [2.24, 2.45) is 5.73 Å². The van der Waals surface area contributed by atoms with Crippen molar-refractivity contribution in [2.75, 3.05) is 11.9 Å². The average Bonchev–Trinajstić information content (AvgIpc) is 2.90. The Hall–Kier alpha value is -0.910. The highest BCUT2D eigenvalue weighted by atomic mass is 79.9. The normalized spacial score (nSPS) is 12.2. The van der Waals surface area contributed by atoms with Crippen molar-refractivity contribution in [3.8, 4) is 0 Å². The van der Waals surface area contributed by atoms with Crippen LogP contribution >= 0.6 is 39.5 Å². The highest BCUT2D eigenvalue weighted by Crippen LogP contribution is 2.26. The predicted molar refractivity (Wildman–Crippen MR) is 95.9 cm³/mol. The van der Waals surface area contributed by atoms with Crippen LogP contribution in [0.2, 0.25) is 0 Å². The number of nitrogens with zero attached hydrogens (tertiary/aromatic N) is 1. The van der Waals surface area contributed by atoms with E-state index < -0.39 is 0 Å². The second kappa shape index (κ2) is 6.70. The third-order valence-corrected chi connectivity index (χ3v) is 5.14. The van der Waals surface area contributed by atoms with Crippen LogP contribution < -0.4 is 10.6 Å². The summed E-state index contributed by atoms with van der Waals surface area (Å²) >= 11 is 10.4. The lowest BCUT2D eigenvalue weighted by atomic mass is 10.1. The molecule has 1 unspecified atom stereocenters. The third-order valence-electron chi connectivity index (χ3n) is 3.36. The molecule has 0 bridgehead atoms. The van der Waals surface area contributed by atoms with E-state index in [1.165, 1.54) is 4.88 Å². The highest BCUT2D eigenvalue weighted by molar-refractivity contribution is 9.10. The first-order valence-electron chi connectivity index (χ1n) is 6.33. The fraction of sp³-hybridized carbons (Fsp3) is 0.267. The minimum Gasteiger partial charge on any atom is -0.389 e. The summed E-state index contributed by atoms with van der Waals surface area (Å²) < 4.78 is 0.942. The van der Waals surface area contributed by atoms with E-state index in [9.17, 15) is 0 Å². The zero-order chi connectivity index (χ0) is 14.7. The van der Waals surface area contributed by atoms with Crippen LogP contribution in [0.4, 0.5) is 5.69 Å². The topological polar surface area (TPSA) is 29.3 Å². The molecular formula is C15H17BrN2S2. The number of thiophene rings is 1. The molecule has 0 fully saturated rings. The molecule has 1 aromatic heterocycles. The molecule has 0 amide bonds. The van der Waals surface area contributed by atoms with Crippen LogP contribution in [0.5, 0.6) is 0 Å². The molecule has 20 heavy (non-hydrogen) atoms. The molecular weight excluding hydrogens is 352 g/mol. The molecule has 2 N–H and O–H groups in total. The molecule has 0 spiro atoms. The molecule has 0 aliphatic carbocycles. The van der Waals surface area contributed by atoms with Crippen molar-refractivity contribution in [2.45, 2.75) is 19.4 Å². The van der Waals surface area contributed by atoms with Gasteiger partial charge in [-0.15, -0.1) is 11.3 Å². The Bertz CT molecular complexity index is 596. The number of nitrogens with two attached hydrogens (primary N) is 1. The summed E-state index contributed by atoms with van der Waals surface area (Å²) in [7, 11) is 2.11. The van der Waals surface area contributed by atoms with Gasteiger partial charge in [0.25, 0.3) is 0 Å². The largest absolute Gasteiger partial charge is 0.389 e. The molecule has 2 aromatic rings. The van der Waals surface area contributed by atoms with Crippen molar-refractivity contribution >= 4 is 50.2 Å². The number of benzene rings is 1. The molecule has 5 heteroatoms. The van der Waals surface area contributed by atoms with Gasteiger partial charge < -0.3 is 10.6 Å². The van der Waals surface area contributed by atoms with Crippen molar-refractivity contribution in [1.29, 1.82) is 0 Å². The first-order valence-corrected chi connectivity index (χ1v) is 8.41. The van der Waals surface area contributed by atoms with Crippen LogP contribution in [0.1, 0.15) is 17.4 Å². The van der Waals surface area contributed by atoms with E-state index in [1.54, 1.807) is 11.3 Å². The van der Waals surface area contributed by atoms with Crippen LogP contribution in [-0.2, 0) is 6.42 Å². The van der Waals surface area contributed by atoms with Gasteiger partial charge in [0.1, 0.15) is 4.99 Å². The van der Waals surface area contributed by atoms with Crippen molar-refractivity contribution < 1.29 is 0 Å². The van der Waals surface area contributed by atoms with E-state index in [-0.39, 0.29) is 0 Å². The Morgan fingerprint density at radius 2 is 2.20 bits per heavy atom.